The number of aryl methyl sites for hydroxylation is 1. The molecule has 0 fully saturated rings. The highest BCUT2D eigenvalue weighted by Gasteiger charge is 2.18. The summed E-state index contributed by atoms with van der Waals surface area (Å²) in [4.78, 5) is 11.7. The van der Waals surface area contributed by atoms with Crippen LogP contribution in [0.1, 0.15) is 43.2 Å². The molecule has 1 N–H and O–H groups in total. The molecule has 0 aliphatic rings. The average Bonchev–Trinajstić information content (AvgIpc) is 2.77. The van der Waals surface area contributed by atoms with Gasteiger partial charge in [-0.05, 0) is 41.7 Å². The number of unbranched alkanes of at least 4 members (excludes halogenated alkanes) is 2. The summed E-state index contributed by atoms with van der Waals surface area (Å²) in [6.07, 6.45) is 3.70. The Kier molecular flexibility index (Phi) is 9.82. The number of carbonyl (C=O) groups excluding carboxylic acids is 1. The summed E-state index contributed by atoms with van der Waals surface area (Å²) in [5.41, 5.74) is 1.93. The number of esters is 1. The Labute approximate surface area is 182 Å². The van der Waals surface area contributed by atoms with Gasteiger partial charge in [-0.25, -0.2) is 13.6 Å². The summed E-state index contributed by atoms with van der Waals surface area (Å²) in [6.45, 7) is 5.17. The molecule has 2 aromatic carbocycles. The van der Waals surface area contributed by atoms with Crippen LogP contribution in [-0.4, -0.2) is 38.0 Å². The smallest absolute Gasteiger partial charge is 0.335 e. The first-order valence-corrected chi connectivity index (χ1v) is 10.4. The molecule has 168 valence electrons. The molecular formula is C25H30F2O4. The lowest BCUT2D eigenvalue weighted by atomic mass is 9.95. The maximum absolute atomic E-state index is 14.9. The van der Waals surface area contributed by atoms with Crippen LogP contribution in [0.5, 0.6) is 0 Å². The first-order chi connectivity index (χ1) is 14.9. The average molecular weight is 433 g/mol. The molecule has 0 amide bonds. The largest absolute Gasteiger partial charge is 0.462 e. The van der Waals surface area contributed by atoms with Gasteiger partial charge in [-0.15, -0.1) is 0 Å². The van der Waals surface area contributed by atoms with Crippen LogP contribution < -0.4 is 0 Å². The highest BCUT2D eigenvalue weighted by Crippen LogP contribution is 2.28. The van der Waals surface area contributed by atoms with Crippen LogP contribution in [0.15, 0.2) is 48.6 Å². The molecule has 0 heterocycles. The summed E-state index contributed by atoms with van der Waals surface area (Å²) >= 11 is 0. The second kappa shape index (κ2) is 12.3. The van der Waals surface area contributed by atoms with Crippen LogP contribution >= 0.6 is 0 Å². The molecule has 0 aliphatic carbocycles. The van der Waals surface area contributed by atoms with Crippen LogP contribution in [0.3, 0.4) is 0 Å². The van der Waals surface area contributed by atoms with E-state index >= 15 is 0 Å². The van der Waals surface area contributed by atoms with Crippen LogP contribution in [-0.2, 0) is 20.7 Å². The fourth-order valence-corrected chi connectivity index (χ4v) is 3.29. The number of ether oxygens (including phenoxy) is 2. The van der Waals surface area contributed by atoms with Crippen molar-refractivity contribution in [2.75, 3.05) is 26.9 Å². The van der Waals surface area contributed by atoms with Gasteiger partial charge < -0.3 is 14.6 Å². The molecule has 6 heteroatoms. The van der Waals surface area contributed by atoms with Crippen molar-refractivity contribution in [3.63, 3.8) is 0 Å². The first kappa shape index (κ1) is 24.7. The lowest BCUT2D eigenvalue weighted by molar-refractivity contribution is -0.140. The fraction of sp³-hybridized carbons (Fsp3) is 0.400. The van der Waals surface area contributed by atoms with Gasteiger partial charge in [0.1, 0.15) is 18.2 Å². The van der Waals surface area contributed by atoms with Crippen LogP contribution in [0.2, 0.25) is 0 Å². The van der Waals surface area contributed by atoms with Crippen molar-refractivity contribution in [1.29, 1.82) is 0 Å². The van der Waals surface area contributed by atoms with E-state index in [2.05, 4.69) is 13.5 Å². The third-order valence-electron chi connectivity index (χ3n) is 5.14. The van der Waals surface area contributed by atoms with Crippen molar-refractivity contribution in [3.05, 3.63) is 71.3 Å². The van der Waals surface area contributed by atoms with Gasteiger partial charge in [0.2, 0.25) is 0 Å². The molecule has 2 rings (SSSR count). The molecule has 0 radical (unpaired) electrons. The third-order valence-corrected chi connectivity index (χ3v) is 5.14. The second-order valence-electron chi connectivity index (χ2n) is 7.51. The molecule has 31 heavy (non-hydrogen) atoms. The lowest BCUT2D eigenvalue weighted by Gasteiger charge is -2.18. The lowest BCUT2D eigenvalue weighted by Crippen LogP contribution is -2.18. The van der Waals surface area contributed by atoms with E-state index in [1.54, 1.807) is 24.3 Å². The Morgan fingerprint density at radius 3 is 2.48 bits per heavy atom. The van der Waals surface area contributed by atoms with Crippen LogP contribution in [0.25, 0.3) is 11.1 Å². The molecule has 1 unspecified atom stereocenters. The zero-order chi connectivity index (χ0) is 22.8. The molecule has 0 aromatic heterocycles. The Bertz CT molecular complexity index is 895. The molecule has 0 bridgehead atoms. The van der Waals surface area contributed by atoms with Crippen molar-refractivity contribution in [1.82, 2.24) is 0 Å². The Hall–Kier alpha value is -2.57. The highest BCUT2D eigenvalue weighted by atomic mass is 19.1. The number of methoxy groups -OCH3 is 1. The standard InChI is InChI=1S/C25H30F2O4/c1-4-5-6-7-18-8-9-20(13-23(18)26)22-11-10-19(12-24(22)27)21(15-30-3)16-31-25(29)17(2)14-28/h8-13,21,28H,2,4-7,14-16H2,1,3H3. The van der Waals surface area contributed by atoms with Gasteiger partial charge in [0, 0.05) is 18.6 Å². The third kappa shape index (κ3) is 6.97. The van der Waals surface area contributed by atoms with Crippen molar-refractivity contribution >= 4 is 5.97 Å². The van der Waals surface area contributed by atoms with E-state index in [-0.39, 0.29) is 24.6 Å². The number of carbonyl (C=O) groups is 1. The van der Waals surface area contributed by atoms with Gasteiger partial charge in [-0.1, -0.05) is 50.6 Å². The van der Waals surface area contributed by atoms with Crippen molar-refractivity contribution in [3.8, 4) is 11.1 Å². The zero-order valence-electron chi connectivity index (χ0n) is 18.1. The molecule has 0 saturated carbocycles. The summed E-state index contributed by atoms with van der Waals surface area (Å²) in [5.74, 6) is -1.94. The minimum Gasteiger partial charge on any atom is -0.462 e. The van der Waals surface area contributed by atoms with Crippen molar-refractivity contribution in [2.45, 2.75) is 38.5 Å². The van der Waals surface area contributed by atoms with Crippen LogP contribution in [0.4, 0.5) is 8.78 Å². The highest BCUT2D eigenvalue weighted by molar-refractivity contribution is 5.87. The summed E-state index contributed by atoms with van der Waals surface area (Å²) < 4.78 is 39.6. The predicted molar refractivity (Wildman–Crippen MR) is 117 cm³/mol. The van der Waals surface area contributed by atoms with Crippen molar-refractivity contribution < 1.29 is 28.2 Å². The van der Waals surface area contributed by atoms with Gasteiger partial charge in [0.15, 0.2) is 0 Å². The number of aliphatic hydroxyl groups is 1. The number of aliphatic hydroxyl groups excluding tert-OH is 1. The fourth-order valence-electron chi connectivity index (χ4n) is 3.29. The van der Waals surface area contributed by atoms with E-state index in [1.807, 2.05) is 0 Å². The molecule has 0 aliphatic heterocycles. The van der Waals surface area contributed by atoms with Crippen LogP contribution in [0, 0.1) is 11.6 Å². The number of hydrogen-bond donors (Lipinski definition) is 1. The van der Waals surface area contributed by atoms with Crippen molar-refractivity contribution in [2.24, 2.45) is 0 Å². The molecule has 0 spiro atoms. The Morgan fingerprint density at radius 1 is 1.10 bits per heavy atom. The topological polar surface area (TPSA) is 55.8 Å². The minimum atomic E-state index is -0.713. The van der Waals surface area contributed by atoms with E-state index in [0.717, 1.165) is 19.3 Å². The first-order valence-electron chi connectivity index (χ1n) is 10.4. The number of benzene rings is 2. The summed E-state index contributed by atoms with van der Waals surface area (Å²) in [6, 6.07) is 9.47. The molecule has 2 aromatic rings. The normalized spacial score (nSPS) is 11.9. The monoisotopic (exact) mass is 432 g/mol. The summed E-state index contributed by atoms with van der Waals surface area (Å²) in [7, 11) is 1.50. The quantitative estimate of drug-likeness (QED) is 0.285. The molecule has 4 nitrogen and oxygen atoms in total. The number of halogens is 2. The molecular weight excluding hydrogens is 402 g/mol. The maximum atomic E-state index is 14.9. The minimum absolute atomic E-state index is 0.0500. The van der Waals surface area contributed by atoms with E-state index in [1.165, 1.54) is 19.2 Å². The van der Waals surface area contributed by atoms with E-state index in [9.17, 15) is 13.6 Å². The SMILES string of the molecule is C=C(CO)C(=O)OCC(COC)c1ccc(-c2ccc(CCCCC)c(F)c2)c(F)c1. The van der Waals surface area contributed by atoms with Gasteiger partial charge >= 0.3 is 5.97 Å². The molecule has 1 atom stereocenters. The van der Waals surface area contributed by atoms with Gasteiger partial charge in [-0.2, -0.15) is 0 Å². The van der Waals surface area contributed by atoms with Gasteiger partial charge in [0.25, 0.3) is 0 Å². The van der Waals surface area contributed by atoms with Gasteiger partial charge in [-0.3, -0.25) is 0 Å². The molecule has 0 saturated heterocycles. The van der Waals surface area contributed by atoms with Gasteiger partial charge in [0.05, 0.1) is 18.8 Å². The Morgan fingerprint density at radius 2 is 1.87 bits per heavy atom. The Balaban J connectivity index is 2.17. The summed E-state index contributed by atoms with van der Waals surface area (Å²) in [5, 5.41) is 8.96. The second-order valence-corrected chi connectivity index (χ2v) is 7.51. The predicted octanol–water partition coefficient (Wildman–Crippen LogP) is 5.19. The van der Waals surface area contributed by atoms with E-state index in [0.29, 0.717) is 28.7 Å². The maximum Gasteiger partial charge on any atom is 0.335 e. The van der Waals surface area contributed by atoms with E-state index in [4.69, 9.17) is 14.6 Å². The van der Waals surface area contributed by atoms with E-state index < -0.39 is 24.3 Å². The number of rotatable bonds is 12. The number of hydrogen-bond acceptors (Lipinski definition) is 4. The zero-order valence-corrected chi connectivity index (χ0v) is 18.1.